The van der Waals surface area contributed by atoms with Gasteiger partial charge < -0.3 is 4.57 Å². The predicted molar refractivity (Wildman–Crippen MR) is 140 cm³/mol. The first kappa shape index (κ1) is 20.9. The van der Waals surface area contributed by atoms with Crippen molar-refractivity contribution < 1.29 is 0 Å². The molecule has 0 atom stereocenters. The lowest BCUT2D eigenvalue weighted by atomic mass is 10.1. The van der Waals surface area contributed by atoms with Gasteiger partial charge in [0.1, 0.15) is 0 Å². The average molecular weight is 431 g/mol. The molecule has 0 aliphatic carbocycles. The van der Waals surface area contributed by atoms with Gasteiger partial charge in [0, 0.05) is 28.1 Å². The lowest BCUT2D eigenvalue weighted by Crippen LogP contribution is -2.11. The largest absolute Gasteiger partial charge is 0.340 e. The minimum absolute atomic E-state index is 0.138. The summed E-state index contributed by atoms with van der Waals surface area (Å²) in [4.78, 5) is 17.1. The number of para-hydroxylation sites is 4. The van der Waals surface area contributed by atoms with E-state index in [-0.39, 0.29) is 5.43 Å². The molecular weight excluding hydrogens is 404 g/mol. The maximum Gasteiger partial charge on any atom is 0.197 e. The third-order valence-corrected chi connectivity index (χ3v) is 6.04. The molecule has 6 aromatic rings. The minimum Gasteiger partial charge on any atom is -0.340 e. The molecule has 0 saturated carbocycles. The van der Waals surface area contributed by atoms with E-state index in [1.165, 1.54) is 10.8 Å². The van der Waals surface area contributed by atoms with Gasteiger partial charge in [-0.15, -0.1) is 0 Å². The third-order valence-electron chi connectivity index (χ3n) is 6.04. The monoisotopic (exact) mass is 430 g/mol. The summed E-state index contributed by atoms with van der Waals surface area (Å²) in [6, 6.07) is 34.4. The minimum atomic E-state index is 0.138. The lowest BCUT2D eigenvalue weighted by molar-refractivity contribution is 0.662. The second-order valence-electron chi connectivity index (χ2n) is 8.24. The molecule has 0 radical (unpaired) electrons. The SMILES string of the molecule is CCCCn1c2ccccc2c(=O)c2ccccc21.c1ccc2nc3ccccc3cc2c1. The van der Waals surface area contributed by atoms with E-state index < -0.39 is 0 Å². The van der Waals surface area contributed by atoms with Gasteiger partial charge in [-0.25, -0.2) is 4.98 Å². The van der Waals surface area contributed by atoms with Crippen molar-refractivity contribution in [1.82, 2.24) is 9.55 Å². The first-order chi connectivity index (χ1) is 16.3. The van der Waals surface area contributed by atoms with Crippen LogP contribution in [0.2, 0.25) is 0 Å². The van der Waals surface area contributed by atoms with E-state index in [1.54, 1.807) is 0 Å². The normalized spacial score (nSPS) is 11.1. The Balaban J connectivity index is 0.000000144. The van der Waals surface area contributed by atoms with Gasteiger partial charge in [0.25, 0.3) is 0 Å². The molecule has 162 valence electrons. The Morgan fingerprint density at radius 2 is 1.15 bits per heavy atom. The fraction of sp³-hybridized carbons (Fsp3) is 0.133. The van der Waals surface area contributed by atoms with Crippen LogP contribution < -0.4 is 5.43 Å². The maximum absolute atomic E-state index is 12.5. The Hall–Kier alpha value is -3.98. The van der Waals surface area contributed by atoms with Gasteiger partial charge in [0.05, 0.1) is 22.1 Å². The van der Waals surface area contributed by atoms with E-state index in [1.807, 2.05) is 84.9 Å². The van der Waals surface area contributed by atoms with Crippen LogP contribution in [0, 0.1) is 0 Å². The zero-order valence-corrected chi connectivity index (χ0v) is 18.7. The molecule has 2 aromatic heterocycles. The Morgan fingerprint density at radius 1 is 0.667 bits per heavy atom. The van der Waals surface area contributed by atoms with Gasteiger partial charge in [-0.1, -0.05) is 74.0 Å². The van der Waals surface area contributed by atoms with Crippen molar-refractivity contribution in [1.29, 1.82) is 0 Å². The van der Waals surface area contributed by atoms with Crippen LogP contribution in [0.25, 0.3) is 43.6 Å². The standard InChI is InChI=1S/C17H17NO.C13H9N/c1-2-3-12-18-15-10-6-4-8-13(15)17(19)14-9-5-7-11-16(14)18;1-3-7-12-10(5-1)9-11-6-2-4-8-13(11)14-12/h4-11H,2-3,12H2,1H3;1-9H. The summed E-state index contributed by atoms with van der Waals surface area (Å²) in [6.45, 7) is 3.14. The summed E-state index contributed by atoms with van der Waals surface area (Å²) in [5.74, 6) is 0. The average Bonchev–Trinajstić information content (AvgIpc) is 2.88. The first-order valence-electron chi connectivity index (χ1n) is 11.5. The van der Waals surface area contributed by atoms with Crippen molar-refractivity contribution in [2.24, 2.45) is 0 Å². The number of fused-ring (bicyclic) bond motifs is 4. The summed E-state index contributed by atoms with van der Waals surface area (Å²) in [7, 11) is 0. The molecule has 0 saturated heterocycles. The molecule has 3 heteroatoms. The molecule has 4 aromatic carbocycles. The van der Waals surface area contributed by atoms with E-state index in [0.717, 1.165) is 52.2 Å². The van der Waals surface area contributed by atoms with Gasteiger partial charge in [0.15, 0.2) is 5.43 Å². The summed E-state index contributed by atoms with van der Waals surface area (Å²) in [6.07, 6.45) is 2.27. The fourth-order valence-electron chi connectivity index (χ4n) is 4.35. The number of hydrogen-bond donors (Lipinski definition) is 0. The van der Waals surface area contributed by atoms with Crippen LogP contribution >= 0.6 is 0 Å². The van der Waals surface area contributed by atoms with E-state index in [4.69, 9.17) is 0 Å². The molecule has 6 rings (SSSR count). The molecule has 0 unspecified atom stereocenters. The maximum atomic E-state index is 12.5. The number of rotatable bonds is 3. The number of benzene rings is 4. The fourth-order valence-corrected chi connectivity index (χ4v) is 4.35. The molecule has 0 bridgehead atoms. The molecule has 0 amide bonds. The number of aromatic nitrogens is 2. The Morgan fingerprint density at radius 3 is 1.70 bits per heavy atom. The van der Waals surface area contributed by atoms with Crippen molar-refractivity contribution in [2.75, 3.05) is 0 Å². The van der Waals surface area contributed by atoms with Crippen LogP contribution in [0.4, 0.5) is 0 Å². The quantitative estimate of drug-likeness (QED) is 0.275. The van der Waals surface area contributed by atoms with Crippen molar-refractivity contribution in [2.45, 2.75) is 26.3 Å². The molecule has 0 fully saturated rings. The second-order valence-corrected chi connectivity index (χ2v) is 8.24. The Labute approximate surface area is 192 Å². The van der Waals surface area contributed by atoms with E-state index in [0.29, 0.717) is 0 Å². The van der Waals surface area contributed by atoms with E-state index in [9.17, 15) is 4.79 Å². The molecule has 0 N–H and O–H groups in total. The summed E-state index contributed by atoms with van der Waals surface area (Å²) >= 11 is 0. The number of aryl methyl sites for hydroxylation is 1. The zero-order chi connectivity index (χ0) is 22.6. The number of nitrogens with zero attached hydrogens (tertiary/aromatic N) is 2. The van der Waals surface area contributed by atoms with Gasteiger partial charge in [-0.05, 0) is 48.9 Å². The zero-order valence-electron chi connectivity index (χ0n) is 18.7. The summed E-state index contributed by atoms with van der Waals surface area (Å²) in [5.41, 5.74) is 4.34. The van der Waals surface area contributed by atoms with Crippen molar-refractivity contribution in [3.05, 3.63) is 113 Å². The smallest absolute Gasteiger partial charge is 0.197 e. The molecule has 2 heterocycles. The van der Waals surface area contributed by atoms with E-state index in [2.05, 4.69) is 34.7 Å². The highest BCUT2D eigenvalue weighted by Crippen LogP contribution is 2.20. The van der Waals surface area contributed by atoms with Crippen LogP contribution in [0.5, 0.6) is 0 Å². The first-order valence-corrected chi connectivity index (χ1v) is 11.5. The van der Waals surface area contributed by atoms with E-state index >= 15 is 0 Å². The van der Waals surface area contributed by atoms with Crippen LogP contribution in [-0.2, 0) is 6.54 Å². The summed E-state index contributed by atoms with van der Waals surface area (Å²) < 4.78 is 2.27. The van der Waals surface area contributed by atoms with Gasteiger partial charge in [-0.2, -0.15) is 0 Å². The highest BCUT2D eigenvalue weighted by atomic mass is 16.1. The van der Waals surface area contributed by atoms with Crippen LogP contribution in [0.3, 0.4) is 0 Å². The molecule has 0 spiro atoms. The third kappa shape index (κ3) is 4.10. The predicted octanol–water partition coefficient (Wildman–Crippen LogP) is 7.34. The van der Waals surface area contributed by atoms with Crippen LogP contribution in [0.15, 0.2) is 108 Å². The van der Waals surface area contributed by atoms with Gasteiger partial charge in [0.2, 0.25) is 0 Å². The highest BCUT2D eigenvalue weighted by molar-refractivity contribution is 5.94. The Bertz CT molecular complexity index is 1470. The lowest BCUT2D eigenvalue weighted by Gasteiger charge is -2.14. The number of unbranched alkanes of at least 4 members (excludes halogenated alkanes) is 1. The molecular formula is C30H26N2O. The molecule has 0 aliphatic heterocycles. The number of hydrogen-bond acceptors (Lipinski definition) is 2. The Kier molecular flexibility index (Phi) is 5.86. The molecule has 33 heavy (non-hydrogen) atoms. The van der Waals surface area contributed by atoms with Crippen LogP contribution in [-0.4, -0.2) is 9.55 Å². The van der Waals surface area contributed by atoms with Crippen molar-refractivity contribution in [3.8, 4) is 0 Å². The van der Waals surface area contributed by atoms with Crippen LogP contribution in [0.1, 0.15) is 19.8 Å². The number of pyridine rings is 2. The molecule has 0 aliphatic rings. The summed E-state index contributed by atoms with van der Waals surface area (Å²) in [5, 5.41) is 4.03. The van der Waals surface area contributed by atoms with Gasteiger partial charge >= 0.3 is 0 Å². The topological polar surface area (TPSA) is 34.9 Å². The van der Waals surface area contributed by atoms with Crippen molar-refractivity contribution in [3.63, 3.8) is 0 Å². The molecule has 3 nitrogen and oxygen atoms in total. The highest BCUT2D eigenvalue weighted by Gasteiger charge is 2.09. The second kappa shape index (κ2) is 9.25. The van der Waals surface area contributed by atoms with Gasteiger partial charge in [-0.3, -0.25) is 4.79 Å². The van der Waals surface area contributed by atoms with Crippen molar-refractivity contribution >= 4 is 43.6 Å².